The Hall–Kier alpha value is -3.16. The molecule has 0 atom stereocenters. The number of imidazole rings is 1. The van der Waals surface area contributed by atoms with Crippen molar-refractivity contribution in [2.45, 2.75) is 18.9 Å². The number of aromatic amines is 2. The van der Waals surface area contributed by atoms with E-state index in [-0.39, 0.29) is 5.56 Å². The third-order valence-electron chi connectivity index (χ3n) is 7.37. The van der Waals surface area contributed by atoms with Gasteiger partial charge in [0.25, 0.3) is 5.56 Å². The van der Waals surface area contributed by atoms with Crippen molar-refractivity contribution in [1.82, 2.24) is 24.8 Å². The summed E-state index contributed by atoms with van der Waals surface area (Å²) in [6, 6.07) is 16.8. The molecule has 7 heteroatoms. The first-order chi connectivity index (χ1) is 16.2. The molecule has 0 radical (unpaired) electrons. The van der Waals surface area contributed by atoms with Gasteiger partial charge >= 0.3 is 0 Å². The molecule has 2 N–H and O–H groups in total. The van der Waals surface area contributed by atoms with Gasteiger partial charge in [-0.1, -0.05) is 24.3 Å². The topological polar surface area (TPSA) is 71.3 Å². The number of hydrogen-bond acceptors (Lipinski definition) is 5. The fraction of sp³-hybridized carbons (Fsp3) is 0.385. The molecule has 0 spiro atoms. The number of nitrogens with one attached hydrogen (secondary N) is 2. The zero-order valence-corrected chi connectivity index (χ0v) is 19.1. The average molecular weight is 443 g/mol. The molecule has 33 heavy (non-hydrogen) atoms. The Morgan fingerprint density at radius 1 is 0.909 bits per heavy atom. The van der Waals surface area contributed by atoms with Crippen molar-refractivity contribution in [2.75, 3.05) is 51.2 Å². The van der Waals surface area contributed by atoms with Crippen LogP contribution in [0.2, 0.25) is 0 Å². The van der Waals surface area contributed by atoms with Gasteiger partial charge in [-0.3, -0.25) is 9.69 Å². The number of fused-ring (bicyclic) bond motifs is 2. The number of piperidine rings is 1. The van der Waals surface area contributed by atoms with Crippen LogP contribution in [-0.2, 0) is 0 Å². The van der Waals surface area contributed by atoms with Crippen LogP contribution >= 0.6 is 0 Å². The molecule has 4 aliphatic rings. The van der Waals surface area contributed by atoms with E-state index >= 15 is 0 Å². The number of anilines is 1. The van der Waals surface area contributed by atoms with Gasteiger partial charge in [0.1, 0.15) is 5.82 Å². The summed E-state index contributed by atoms with van der Waals surface area (Å²) in [6.45, 7) is 6.90. The number of rotatable bonds is 3. The van der Waals surface area contributed by atoms with E-state index in [1.165, 1.54) is 44.7 Å². The second-order valence-corrected chi connectivity index (χ2v) is 9.41. The Morgan fingerprint density at radius 3 is 2.52 bits per heavy atom. The van der Waals surface area contributed by atoms with E-state index in [1.807, 2.05) is 30.3 Å². The molecule has 1 aliphatic carbocycles. The van der Waals surface area contributed by atoms with Gasteiger partial charge in [-0.05, 0) is 44.2 Å². The number of benzene rings is 1. The second kappa shape index (κ2) is 8.32. The number of aromatic nitrogens is 3. The molecule has 0 bridgehead atoms. The van der Waals surface area contributed by atoms with Gasteiger partial charge in [0, 0.05) is 62.3 Å². The van der Waals surface area contributed by atoms with E-state index in [1.54, 1.807) is 0 Å². The van der Waals surface area contributed by atoms with Gasteiger partial charge in [-0.25, -0.2) is 4.98 Å². The minimum atomic E-state index is -0.110. The van der Waals surface area contributed by atoms with Crippen LogP contribution in [0.1, 0.15) is 12.8 Å². The van der Waals surface area contributed by atoms with E-state index < -0.39 is 0 Å². The fourth-order valence-electron chi connectivity index (χ4n) is 5.41. The summed E-state index contributed by atoms with van der Waals surface area (Å²) in [6.07, 6.45) is 2.42. The van der Waals surface area contributed by atoms with Crippen molar-refractivity contribution in [3.63, 3.8) is 0 Å². The van der Waals surface area contributed by atoms with Crippen molar-refractivity contribution < 1.29 is 0 Å². The summed E-state index contributed by atoms with van der Waals surface area (Å²) in [5.41, 5.74) is 5.28. The SMILES string of the molecule is CN1CCN(C2CCN(c3ccc4nc(-c5c6cccccc-6[nH]c5=O)[nH]c4c3)CC2)CC1. The fourth-order valence-corrected chi connectivity index (χ4v) is 5.41. The monoisotopic (exact) mass is 442 g/mol. The third-order valence-corrected chi connectivity index (χ3v) is 7.37. The van der Waals surface area contributed by atoms with Crippen molar-refractivity contribution >= 4 is 16.7 Å². The maximum Gasteiger partial charge on any atom is 0.260 e. The van der Waals surface area contributed by atoms with E-state index in [9.17, 15) is 4.79 Å². The predicted octanol–water partition coefficient (Wildman–Crippen LogP) is 3.24. The minimum absolute atomic E-state index is 0.110. The molecule has 7 nitrogen and oxygen atoms in total. The normalized spacial score (nSPS) is 19.0. The Bertz CT molecular complexity index is 1290. The Labute approximate surface area is 193 Å². The molecule has 0 unspecified atom stereocenters. The van der Waals surface area contributed by atoms with Gasteiger partial charge in [-0.15, -0.1) is 0 Å². The quantitative estimate of drug-likeness (QED) is 0.510. The highest BCUT2D eigenvalue weighted by atomic mass is 16.1. The van der Waals surface area contributed by atoms with Crippen LogP contribution in [0, 0.1) is 0 Å². The van der Waals surface area contributed by atoms with Crippen LogP contribution in [0.25, 0.3) is 33.7 Å². The highest BCUT2D eigenvalue weighted by Gasteiger charge is 2.27. The molecule has 2 saturated heterocycles. The summed E-state index contributed by atoms with van der Waals surface area (Å²) in [5.74, 6) is 0.623. The summed E-state index contributed by atoms with van der Waals surface area (Å²) in [4.78, 5) is 31.4. The van der Waals surface area contributed by atoms with Crippen LogP contribution in [-0.4, -0.2) is 77.1 Å². The highest BCUT2D eigenvalue weighted by Crippen LogP contribution is 2.31. The highest BCUT2D eigenvalue weighted by molar-refractivity contribution is 5.87. The lowest BCUT2D eigenvalue weighted by molar-refractivity contribution is 0.0982. The lowest BCUT2D eigenvalue weighted by atomic mass is 10.0. The van der Waals surface area contributed by atoms with Crippen LogP contribution in [0.4, 0.5) is 5.69 Å². The molecule has 2 aromatic rings. The van der Waals surface area contributed by atoms with Gasteiger partial charge in [0.05, 0.1) is 16.6 Å². The van der Waals surface area contributed by atoms with Crippen LogP contribution < -0.4 is 10.5 Å². The van der Waals surface area contributed by atoms with Gasteiger partial charge in [0.15, 0.2) is 0 Å². The maximum atomic E-state index is 12.7. The zero-order valence-electron chi connectivity index (χ0n) is 19.1. The van der Waals surface area contributed by atoms with Crippen LogP contribution in [0.15, 0.2) is 53.3 Å². The van der Waals surface area contributed by atoms with Crippen LogP contribution in [0.3, 0.4) is 0 Å². The Morgan fingerprint density at radius 2 is 1.70 bits per heavy atom. The number of hydrogen-bond donors (Lipinski definition) is 2. The third kappa shape index (κ3) is 3.81. The summed E-state index contributed by atoms with van der Waals surface area (Å²) < 4.78 is 0. The number of nitrogens with zero attached hydrogens (tertiary/aromatic N) is 4. The summed E-state index contributed by atoms with van der Waals surface area (Å²) >= 11 is 0. The molecule has 1 aromatic carbocycles. The van der Waals surface area contributed by atoms with Gasteiger partial charge in [0.2, 0.25) is 0 Å². The van der Waals surface area contributed by atoms with E-state index in [4.69, 9.17) is 4.98 Å². The summed E-state index contributed by atoms with van der Waals surface area (Å²) in [5, 5.41) is 0. The Kier molecular flexibility index (Phi) is 5.15. The molecular weight excluding hydrogens is 412 g/mol. The number of piperazine rings is 1. The lowest BCUT2D eigenvalue weighted by Gasteiger charge is -2.42. The maximum absolute atomic E-state index is 12.7. The molecule has 3 aliphatic heterocycles. The first-order valence-corrected chi connectivity index (χ1v) is 11.9. The molecule has 2 fully saturated rings. The van der Waals surface area contributed by atoms with Crippen molar-refractivity contribution in [1.29, 1.82) is 0 Å². The van der Waals surface area contributed by atoms with E-state index in [0.29, 0.717) is 17.4 Å². The molecule has 4 heterocycles. The Balaban J connectivity index is 1.22. The van der Waals surface area contributed by atoms with Gasteiger partial charge < -0.3 is 19.8 Å². The molecule has 0 amide bonds. The molecule has 0 saturated carbocycles. The molecule has 1 aromatic heterocycles. The zero-order chi connectivity index (χ0) is 22.4. The molecular formula is C26H30N6O. The first kappa shape index (κ1) is 20.4. The van der Waals surface area contributed by atoms with E-state index in [2.05, 4.69) is 49.9 Å². The molecule has 170 valence electrons. The predicted molar refractivity (Wildman–Crippen MR) is 133 cm³/mol. The van der Waals surface area contributed by atoms with Crippen molar-refractivity contribution in [3.8, 4) is 22.6 Å². The summed E-state index contributed by atoms with van der Waals surface area (Å²) in [7, 11) is 2.22. The van der Waals surface area contributed by atoms with Gasteiger partial charge in [-0.2, -0.15) is 0 Å². The van der Waals surface area contributed by atoms with Crippen molar-refractivity contribution in [3.05, 3.63) is 58.9 Å². The lowest BCUT2D eigenvalue weighted by Crippen LogP contribution is -2.52. The van der Waals surface area contributed by atoms with E-state index in [0.717, 1.165) is 35.4 Å². The number of likely N-dealkylation sites (N-methyl/N-ethyl adjacent to an activating group) is 1. The van der Waals surface area contributed by atoms with Crippen LogP contribution in [0.5, 0.6) is 0 Å². The molecule has 6 rings (SSSR count). The second-order valence-electron chi connectivity index (χ2n) is 9.41. The average Bonchev–Trinajstić information content (AvgIpc) is 3.30. The standard InChI is InChI=1S/C26H30N6O/c1-30-13-15-32(16-14-30)18-9-11-31(12-10-18)19-7-8-22-23(17-19)28-25(27-22)24-20-5-3-2-4-6-21(20)29-26(24)33/h2-8,17-18H,9-16H2,1H3,(H,27,28)(H,29,33). The smallest absolute Gasteiger partial charge is 0.260 e. The largest absolute Gasteiger partial charge is 0.371 e. The van der Waals surface area contributed by atoms with Crippen molar-refractivity contribution in [2.24, 2.45) is 0 Å². The first-order valence-electron chi connectivity index (χ1n) is 11.9. The number of H-pyrrole nitrogens is 2. The minimum Gasteiger partial charge on any atom is -0.371 e.